The van der Waals surface area contributed by atoms with Crippen molar-refractivity contribution in [3.63, 3.8) is 0 Å². The van der Waals surface area contributed by atoms with Crippen LogP contribution in [0.4, 0.5) is 10.5 Å². The average Bonchev–Trinajstić information content (AvgIpc) is 2.79. The number of amides is 4. The van der Waals surface area contributed by atoms with Gasteiger partial charge in [-0.15, -0.1) is 0 Å². The molecule has 1 heterocycles. The van der Waals surface area contributed by atoms with Gasteiger partial charge in [-0.1, -0.05) is 65.7 Å². The lowest BCUT2D eigenvalue weighted by Gasteiger charge is -2.27. The number of carbonyl (C=O) groups is 3. The van der Waals surface area contributed by atoms with Gasteiger partial charge in [0.25, 0.3) is 11.8 Å². The molecule has 3 aromatic carbocycles. The van der Waals surface area contributed by atoms with Crippen molar-refractivity contribution in [2.75, 3.05) is 4.90 Å². The second kappa shape index (κ2) is 9.48. The third-order valence-electron chi connectivity index (χ3n) is 5.09. The molecule has 3 aromatic rings. The van der Waals surface area contributed by atoms with Gasteiger partial charge >= 0.3 is 6.03 Å². The summed E-state index contributed by atoms with van der Waals surface area (Å²) >= 11 is 12.5. The van der Waals surface area contributed by atoms with Crippen LogP contribution in [-0.4, -0.2) is 17.8 Å². The Hall–Kier alpha value is -3.61. The van der Waals surface area contributed by atoms with Crippen LogP contribution >= 0.6 is 23.2 Å². The van der Waals surface area contributed by atoms with Gasteiger partial charge in [0.1, 0.15) is 17.9 Å². The molecule has 33 heavy (non-hydrogen) atoms. The minimum Gasteiger partial charge on any atom is -0.487 e. The van der Waals surface area contributed by atoms with E-state index in [-0.39, 0.29) is 5.57 Å². The Bertz CT molecular complexity index is 1290. The highest BCUT2D eigenvalue weighted by atomic mass is 35.5. The van der Waals surface area contributed by atoms with Gasteiger partial charge in [0.2, 0.25) is 0 Å². The Kier molecular flexibility index (Phi) is 6.49. The number of barbiturate groups is 1. The van der Waals surface area contributed by atoms with Crippen molar-refractivity contribution in [2.45, 2.75) is 13.5 Å². The molecule has 4 amide bonds. The van der Waals surface area contributed by atoms with Gasteiger partial charge < -0.3 is 4.74 Å². The summed E-state index contributed by atoms with van der Waals surface area (Å²) < 4.78 is 5.76. The van der Waals surface area contributed by atoms with E-state index >= 15 is 0 Å². The van der Waals surface area contributed by atoms with E-state index in [1.54, 1.807) is 43.3 Å². The number of nitrogens with zero attached hydrogens (tertiary/aromatic N) is 1. The van der Waals surface area contributed by atoms with Crippen molar-refractivity contribution < 1.29 is 19.1 Å². The van der Waals surface area contributed by atoms with E-state index < -0.39 is 17.8 Å². The molecular formula is C25H18Cl2N2O4. The normalized spacial score (nSPS) is 15.1. The number of ether oxygens (including phenoxy) is 1. The van der Waals surface area contributed by atoms with Crippen LogP contribution in [0, 0.1) is 6.92 Å². The van der Waals surface area contributed by atoms with Crippen molar-refractivity contribution in [2.24, 2.45) is 0 Å². The van der Waals surface area contributed by atoms with Gasteiger partial charge in [0.15, 0.2) is 0 Å². The van der Waals surface area contributed by atoms with E-state index in [0.717, 1.165) is 10.5 Å². The highest BCUT2D eigenvalue weighted by molar-refractivity contribution is 6.40. The average molecular weight is 481 g/mol. The molecule has 1 fully saturated rings. The van der Waals surface area contributed by atoms with Gasteiger partial charge in [0.05, 0.1) is 10.7 Å². The van der Waals surface area contributed by atoms with E-state index in [4.69, 9.17) is 27.9 Å². The van der Waals surface area contributed by atoms with Crippen LogP contribution in [0.25, 0.3) is 6.08 Å². The molecule has 0 bridgehead atoms. The van der Waals surface area contributed by atoms with E-state index in [0.29, 0.717) is 39.2 Å². The maximum Gasteiger partial charge on any atom is 0.335 e. The molecule has 0 aromatic heterocycles. The molecule has 0 radical (unpaired) electrons. The number of imide groups is 2. The number of anilines is 1. The zero-order chi connectivity index (χ0) is 23.5. The molecular weight excluding hydrogens is 463 g/mol. The number of halogens is 2. The number of benzene rings is 3. The van der Waals surface area contributed by atoms with Crippen LogP contribution in [-0.2, 0) is 16.2 Å². The maximum atomic E-state index is 13.1. The molecule has 0 unspecified atom stereocenters. The summed E-state index contributed by atoms with van der Waals surface area (Å²) in [5.74, 6) is -1.08. The Morgan fingerprint density at radius 1 is 0.939 bits per heavy atom. The van der Waals surface area contributed by atoms with Gasteiger partial charge in [-0.2, -0.15) is 0 Å². The molecule has 0 saturated carbocycles. The Balaban J connectivity index is 1.60. The molecule has 0 spiro atoms. The number of hydrogen-bond donors (Lipinski definition) is 1. The highest BCUT2D eigenvalue weighted by Gasteiger charge is 2.37. The summed E-state index contributed by atoms with van der Waals surface area (Å²) in [5, 5.41) is 2.92. The lowest BCUT2D eigenvalue weighted by molar-refractivity contribution is -0.122. The maximum absolute atomic E-state index is 13.1. The van der Waals surface area contributed by atoms with Crippen molar-refractivity contribution in [1.29, 1.82) is 0 Å². The van der Waals surface area contributed by atoms with Crippen molar-refractivity contribution in [3.8, 4) is 5.75 Å². The number of rotatable bonds is 5. The van der Waals surface area contributed by atoms with Crippen LogP contribution in [0.2, 0.25) is 10.0 Å². The SMILES string of the molecule is Cc1c(Cl)cccc1N1C(=O)NC(=O)/C(=C\c2ccc(OCc3ccccc3)c(Cl)c2)C1=O. The zero-order valence-corrected chi connectivity index (χ0v) is 19.0. The minimum absolute atomic E-state index is 0.206. The predicted octanol–water partition coefficient (Wildman–Crippen LogP) is 5.55. The van der Waals surface area contributed by atoms with Gasteiger partial charge in [-0.25, -0.2) is 9.69 Å². The number of carbonyl (C=O) groups excluding carboxylic acids is 3. The molecule has 1 aliphatic heterocycles. The number of hydrogen-bond acceptors (Lipinski definition) is 4. The first kappa shape index (κ1) is 22.6. The minimum atomic E-state index is -0.838. The lowest BCUT2D eigenvalue weighted by atomic mass is 10.1. The largest absolute Gasteiger partial charge is 0.487 e. The second-order valence-corrected chi connectivity index (χ2v) is 8.12. The molecule has 1 aliphatic rings. The summed E-state index contributed by atoms with van der Waals surface area (Å²) in [6, 6.07) is 18.6. The number of urea groups is 1. The van der Waals surface area contributed by atoms with E-state index in [2.05, 4.69) is 5.32 Å². The molecule has 1 N–H and O–H groups in total. The monoisotopic (exact) mass is 480 g/mol. The first-order valence-electron chi connectivity index (χ1n) is 9.98. The van der Waals surface area contributed by atoms with Crippen molar-refractivity contribution in [3.05, 3.63) is 99.0 Å². The first-order valence-corrected chi connectivity index (χ1v) is 10.7. The summed E-state index contributed by atoms with van der Waals surface area (Å²) in [4.78, 5) is 38.9. The molecule has 0 aliphatic carbocycles. The second-order valence-electron chi connectivity index (χ2n) is 7.31. The molecule has 4 rings (SSSR count). The Labute approximate surface area is 200 Å². The fourth-order valence-corrected chi connectivity index (χ4v) is 3.75. The fourth-order valence-electron chi connectivity index (χ4n) is 3.34. The third-order valence-corrected chi connectivity index (χ3v) is 5.79. The molecule has 166 valence electrons. The summed E-state index contributed by atoms with van der Waals surface area (Å²) in [5.41, 5.74) is 2.13. The zero-order valence-electron chi connectivity index (χ0n) is 17.5. The van der Waals surface area contributed by atoms with Crippen LogP contribution in [0.1, 0.15) is 16.7 Å². The molecule has 8 heteroatoms. The lowest BCUT2D eigenvalue weighted by Crippen LogP contribution is -2.54. The smallest absolute Gasteiger partial charge is 0.335 e. The summed E-state index contributed by atoms with van der Waals surface area (Å²) in [6.45, 7) is 2.03. The van der Waals surface area contributed by atoms with Gasteiger partial charge in [-0.3, -0.25) is 14.9 Å². The quantitative estimate of drug-likeness (QED) is 0.383. The van der Waals surface area contributed by atoms with E-state index in [1.807, 2.05) is 30.3 Å². The van der Waals surface area contributed by atoms with Gasteiger partial charge in [-0.05, 0) is 54.0 Å². The first-order chi connectivity index (χ1) is 15.8. The molecule has 0 atom stereocenters. The summed E-state index contributed by atoms with van der Waals surface area (Å²) in [6.07, 6.45) is 1.38. The Morgan fingerprint density at radius 2 is 1.70 bits per heavy atom. The summed E-state index contributed by atoms with van der Waals surface area (Å²) in [7, 11) is 0. The fraction of sp³-hybridized carbons (Fsp3) is 0.0800. The van der Waals surface area contributed by atoms with Crippen LogP contribution < -0.4 is 15.0 Å². The van der Waals surface area contributed by atoms with Crippen LogP contribution in [0.15, 0.2) is 72.3 Å². The highest BCUT2D eigenvalue weighted by Crippen LogP contribution is 2.31. The Morgan fingerprint density at radius 3 is 2.42 bits per heavy atom. The topological polar surface area (TPSA) is 75.7 Å². The van der Waals surface area contributed by atoms with Gasteiger partial charge in [0, 0.05) is 5.02 Å². The van der Waals surface area contributed by atoms with E-state index in [9.17, 15) is 14.4 Å². The predicted molar refractivity (Wildman–Crippen MR) is 127 cm³/mol. The number of nitrogens with one attached hydrogen (secondary N) is 1. The molecule has 6 nitrogen and oxygen atoms in total. The molecule has 1 saturated heterocycles. The van der Waals surface area contributed by atoms with Crippen LogP contribution in [0.5, 0.6) is 5.75 Å². The van der Waals surface area contributed by atoms with Crippen molar-refractivity contribution in [1.82, 2.24) is 5.32 Å². The van der Waals surface area contributed by atoms with E-state index in [1.165, 1.54) is 6.08 Å². The standard InChI is InChI=1S/C25H18Cl2N2O4/c1-15-19(26)8-5-9-21(15)29-24(31)18(23(30)28-25(29)32)12-17-10-11-22(20(27)13-17)33-14-16-6-3-2-4-7-16/h2-13H,14H2,1H3,(H,28,30,32)/b18-12+. The van der Waals surface area contributed by atoms with Crippen molar-refractivity contribution >= 4 is 52.8 Å². The van der Waals surface area contributed by atoms with Crippen LogP contribution in [0.3, 0.4) is 0 Å². The third kappa shape index (κ3) is 4.77.